The highest BCUT2D eigenvalue weighted by atomic mass is 79.9. The summed E-state index contributed by atoms with van der Waals surface area (Å²) in [5, 5.41) is 15.7. The van der Waals surface area contributed by atoms with E-state index >= 15 is 0 Å². The molecule has 0 saturated heterocycles. The minimum Gasteiger partial charge on any atom is -0.480 e. The number of nitrogens with one attached hydrogen (secondary N) is 2. The number of carbonyl (C=O) groups excluding carboxylic acids is 2. The van der Waals surface area contributed by atoms with E-state index in [1.807, 2.05) is 37.3 Å². The van der Waals surface area contributed by atoms with Crippen LogP contribution in [0.1, 0.15) is 31.4 Å². The molecular formula is C28H27BrN2O7. The molecule has 4 rings (SSSR count). The number of halogens is 1. The summed E-state index contributed by atoms with van der Waals surface area (Å²) in [7, 11) is 0. The van der Waals surface area contributed by atoms with E-state index in [0.29, 0.717) is 28.5 Å². The maximum atomic E-state index is 12.7. The van der Waals surface area contributed by atoms with Gasteiger partial charge in [0.25, 0.3) is 0 Å². The zero-order valence-electron chi connectivity index (χ0n) is 21.1. The van der Waals surface area contributed by atoms with Crippen LogP contribution in [0.25, 0.3) is 33.1 Å². The van der Waals surface area contributed by atoms with Crippen molar-refractivity contribution in [3.05, 3.63) is 68.7 Å². The third kappa shape index (κ3) is 5.65. The van der Waals surface area contributed by atoms with E-state index in [1.165, 1.54) is 0 Å². The lowest BCUT2D eigenvalue weighted by molar-refractivity contribution is -0.143. The van der Waals surface area contributed by atoms with Crippen LogP contribution in [-0.2, 0) is 20.8 Å². The second-order valence-electron chi connectivity index (χ2n) is 9.22. The van der Waals surface area contributed by atoms with Crippen molar-refractivity contribution < 1.29 is 28.3 Å². The second kappa shape index (κ2) is 11.2. The molecule has 2 aromatic carbocycles. The van der Waals surface area contributed by atoms with Gasteiger partial charge >= 0.3 is 11.6 Å². The SMILES string of the molecule is CC[C@@H](C)[C@H](NC(=O)CNC(=O)Cc1c(C)c2cc3c(-c4ccc(Br)cc4)coc3cc2oc1=O)C(=O)O. The molecule has 0 bridgehead atoms. The lowest BCUT2D eigenvalue weighted by Gasteiger charge is -2.20. The fraction of sp³-hybridized carbons (Fsp3) is 0.286. The molecule has 0 aliphatic carbocycles. The zero-order valence-corrected chi connectivity index (χ0v) is 22.7. The number of carboxylic acid groups (broad SMARTS) is 1. The predicted octanol–water partition coefficient (Wildman–Crippen LogP) is 4.55. The van der Waals surface area contributed by atoms with E-state index in [0.717, 1.165) is 21.0 Å². The van der Waals surface area contributed by atoms with Crippen LogP contribution in [0.3, 0.4) is 0 Å². The smallest absolute Gasteiger partial charge is 0.340 e. The number of aliphatic carboxylic acids is 1. The van der Waals surface area contributed by atoms with E-state index in [1.54, 1.807) is 26.2 Å². The summed E-state index contributed by atoms with van der Waals surface area (Å²) in [6.07, 6.45) is 1.92. The first-order chi connectivity index (χ1) is 18.1. The molecule has 0 spiro atoms. The fourth-order valence-electron chi connectivity index (χ4n) is 4.28. The minimum atomic E-state index is -1.14. The fourth-order valence-corrected chi connectivity index (χ4v) is 4.54. The molecule has 2 aromatic heterocycles. The standard InChI is InChI=1S/C28H27BrN2O7/c1-4-14(2)26(27(34)35)31-25(33)12-30-24(32)10-19-15(3)18-9-20-21(16-5-7-17(29)8-6-16)13-37-22(20)11-23(18)38-28(19)36/h5-9,11,13-14,26H,4,10,12H2,1-3H3,(H,30,32)(H,31,33)(H,34,35)/t14-,26+/m1/s1. The van der Waals surface area contributed by atoms with Crippen molar-refractivity contribution in [1.29, 1.82) is 0 Å². The van der Waals surface area contributed by atoms with Crippen LogP contribution < -0.4 is 16.3 Å². The number of rotatable bonds is 9. The number of benzene rings is 2. The molecule has 0 aliphatic rings. The zero-order chi connectivity index (χ0) is 27.6. The van der Waals surface area contributed by atoms with E-state index in [9.17, 15) is 24.3 Å². The summed E-state index contributed by atoms with van der Waals surface area (Å²) in [6, 6.07) is 10.3. The Bertz CT molecular complexity index is 1590. The molecular weight excluding hydrogens is 556 g/mol. The predicted molar refractivity (Wildman–Crippen MR) is 146 cm³/mol. The molecule has 3 N–H and O–H groups in total. The van der Waals surface area contributed by atoms with Crippen molar-refractivity contribution in [2.75, 3.05) is 6.54 Å². The maximum absolute atomic E-state index is 12.7. The molecule has 0 unspecified atom stereocenters. The number of carbonyl (C=O) groups is 3. The average Bonchev–Trinajstić information content (AvgIpc) is 3.30. The summed E-state index contributed by atoms with van der Waals surface area (Å²) in [5.74, 6) is -2.61. The van der Waals surface area contributed by atoms with E-state index < -0.39 is 36.0 Å². The van der Waals surface area contributed by atoms with E-state index in [2.05, 4.69) is 26.6 Å². The first-order valence-corrected chi connectivity index (χ1v) is 12.9. The summed E-state index contributed by atoms with van der Waals surface area (Å²) in [5.41, 5.74) is 2.84. The van der Waals surface area contributed by atoms with E-state index in [4.69, 9.17) is 8.83 Å². The number of amides is 2. The Morgan fingerprint density at radius 3 is 2.42 bits per heavy atom. The van der Waals surface area contributed by atoms with Crippen LogP contribution in [0, 0.1) is 12.8 Å². The summed E-state index contributed by atoms with van der Waals surface area (Å²) >= 11 is 3.43. The van der Waals surface area contributed by atoms with Crippen molar-refractivity contribution in [3.8, 4) is 11.1 Å². The van der Waals surface area contributed by atoms with Gasteiger partial charge in [-0.2, -0.15) is 0 Å². The van der Waals surface area contributed by atoms with Gasteiger partial charge < -0.3 is 24.6 Å². The molecule has 2 amide bonds. The van der Waals surface area contributed by atoms with Gasteiger partial charge in [-0.1, -0.05) is 48.3 Å². The monoisotopic (exact) mass is 582 g/mol. The highest BCUT2D eigenvalue weighted by Crippen LogP contribution is 2.35. The lowest BCUT2D eigenvalue weighted by Crippen LogP contribution is -2.48. The van der Waals surface area contributed by atoms with Crippen LogP contribution in [-0.4, -0.2) is 35.5 Å². The molecule has 10 heteroatoms. The van der Waals surface area contributed by atoms with Crippen molar-refractivity contribution in [3.63, 3.8) is 0 Å². The largest absolute Gasteiger partial charge is 0.480 e. The second-order valence-corrected chi connectivity index (χ2v) is 10.1. The normalized spacial score (nSPS) is 12.8. The molecule has 9 nitrogen and oxygen atoms in total. The molecule has 0 aliphatic heterocycles. The van der Waals surface area contributed by atoms with Gasteiger partial charge in [0.05, 0.1) is 24.8 Å². The van der Waals surface area contributed by atoms with E-state index in [-0.39, 0.29) is 17.9 Å². The quantitative estimate of drug-likeness (QED) is 0.246. The van der Waals surface area contributed by atoms with Crippen molar-refractivity contribution in [1.82, 2.24) is 10.6 Å². The van der Waals surface area contributed by atoms with Crippen LogP contribution in [0.4, 0.5) is 0 Å². The molecule has 2 atom stereocenters. The number of furan rings is 1. The van der Waals surface area contributed by atoms with Crippen LogP contribution in [0.5, 0.6) is 0 Å². The van der Waals surface area contributed by atoms with Gasteiger partial charge in [-0.3, -0.25) is 9.59 Å². The van der Waals surface area contributed by atoms with Crippen LogP contribution in [0.15, 0.2) is 60.8 Å². The summed E-state index contributed by atoms with van der Waals surface area (Å²) in [6.45, 7) is 4.87. The Balaban J connectivity index is 1.55. The van der Waals surface area contributed by atoms with Crippen molar-refractivity contribution in [2.24, 2.45) is 5.92 Å². The molecule has 0 fully saturated rings. The minimum absolute atomic E-state index is 0.173. The van der Waals surface area contributed by atoms with Crippen molar-refractivity contribution in [2.45, 2.75) is 39.7 Å². The maximum Gasteiger partial charge on any atom is 0.340 e. The Morgan fingerprint density at radius 2 is 1.76 bits per heavy atom. The highest BCUT2D eigenvalue weighted by Gasteiger charge is 2.25. The summed E-state index contributed by atoms with van der Waals surface area (Å²) < 4.78 is 12.2. The first-order valence-electron chi connectivity index (χ1n) is 12.1. The van der Waals surface area contributed by atoms with Gasteiger partial charge in [-0.25, -0.2) is 9.59 Å². The number of fused-ring (bicyclic) bond motifs is 2. The molecule has 2 heterocycles. The Kier molecular flexibility index (Phi) is 8.01. The third-order valence-corrected chi connectivity index (χ3v) is 7.24. The van der Waals surface area contributed by atoms with Gasteiger partial charge in [0.2, 0.25) is 11.8 Å². The molecule has 0 saturated carbocycles. The molecule has 0 radical (unpaired) electrons. The summed E-state index contributed by atoms with van der Waals surface area (Å²) in [4.78, 5) is 49.0. The Hall–Kier alpha value is -3.92. The number of hydrogen-bond donors (Lipinski definition) is 3. The van der Waals surface area contributed by atoms with Crippen molar-refractivity contribution >= 4 is 55.7 Å². The van der Waals surface area contributed by atoms with Gasteiger partial charge in [0.1, 0.15) is 17.2 Å². The highest BCUT2D eigenvalue weighted by molar-refractivity contribution is 9.10. The third-order valence-electron chi connectivity index (χ3n) is 6.72. The Labute approximate surface area is 226 Å². The molecule has 4 aromatic rings. The number of aryl methyl sites for hydroxylation is 1. The van der Waals surface area contributed by atoms with Gasteiger partial charge in [-0.15, -0.1) is 0 Å². The first kappa shape index (κ1) is 27.1. The van der Waals surface area contributed by atoms with Crippen LogP contribution in [0.2, 0.25) is 0 Å². The van der Waals surface area contributed by atoms with Gasteiger partial charge in [-0.05, 0) is 42.2 Å². The average molecular weight is 583 g/mol. The topological polar surface area (TPSA) is 139 Å². The molecule has 198 valence electrons. The lowest BCUT2D eigenvalue weighted by atomic mass is 9.99. The van der Waals surface area contributed by atoms with Crippen LogP contribution >= 0.6 is 15.9 Å². The van der Waals surface area contributed by atoms with Gasteiger partial charge in [0, 0.05) is 26.9 Å². The Morgan fingerprint density at radius 1 is 1.05 bits per heavy atom. The number of hydrogen-bond acceptors (Lipinski definition) is 6. The molecule has 38 heavy (non-hydrogen) atoms. The number of carboxylic acids is 1. The van der Waals surface area contributed by atoms with Gasteiger partial charge in [0.15, 0.2) is 0 Å².